The van der Waals surface area contributed by atoms with Crippen LogP contribution in [0.1, 0.15) is 16.8 Å². The fourth-order valence-electron chi connectivity index (χ4n) is 2.20. The Bertz CT molecular complexity index is 715. The normalized spacial score (nSPS) is 10.5. The number of hydrogen-bond donors (Lipinski definition) is 0. The number of amides is 1. The number of hydrogen-bond acceptors (Lipinski definition) is 5. The number of methoxy groups -OCH3 is 2. The van der Waals surface area contributed by atoms with E-state index in [0.29, 0.717) is 18.7 Å². The predicted molar refractivity (Wildman–Crippen MR) is 95.7 cm³/mol. The number of halogens is 1. The average Bonchev–Trinajstić information content (AvgIpc) is 3.11. The summed E-state index contributed by atoms with van der Waals surface area (Å²) in [6.07, 6.45) is 3.32. The SMILES string of the molecule is COCCN(CCC(=O)OC)C(=O)c1cnn(-c2ccc(Br)cc2)c1. The first kappa shape index (κ1) is 19.1. The molecule has 0 N–H and O–H groups in total. The van der Waals surface area contributed by atoms with Crippen LogP contribution in [0.2, 0.25) is 0 Å². The lowest BCUT2D eigenvalue weighted by Crippen LogP contribution is -2.35. The van der Waals surface area contributed by atoms with E-state index in [-0.39, 0.29) is 24.8 Å². The van der Waals surface area contributed by atoms with Crippen molar-refractivity contribution in [3.05, 3.63) is 46.7 Å². The van der Waals surface area contributed by atoms with Crippen LogP contribution in [0.5, 0.6) is 0 Å². The van der Waals surface area contributed by atoms with Gasteiger partial charge in [-0.15, -0.1) is 0 Å². The minimum Gasteiger partial charge on any atom is -0.469 e. The first-order valence-corrected chi connectivity index (χ1v) is 8.50. The zero-order chi connectivity index (χ0) is 18.2. The van der Waals surface area contributed by atoms with E-state index in [1.165, 1.54) is 13.3 Å². The Balaban J connectivity index is 2.12. The van der Waals surface area contributed by atoms with E-state index in [1.54, 1.807) is 22.9 Å². The van der Waals surface area contributed by atoms with Gasteiger partial charge in [-0.1, -0.05) is 15.9 Å². The quantitative estimate of drug-likeness (QED) is 0.625. The second-order valence-electron chi connectivity index (χ2n) is 5.26. The molecule has 8 heteroatoms. The monoisotopic (exact) mass is 409 g/mol. The van der Waals surface area contributed by atoms with Gasteiger partial charge in [0.2, 0.25) is 0 Å². The standard InChI is InChI=1S/C17H20BrN3O4/c1-24-10-9-20(8-7-16(22)25-2)17(23)13-11-19-21(12-13)15-5-3-14(18)4-6-15/h3-6,11-12H,7-10H2,1-2H3. The van der Waals surface area contributed by atoms with Gasteiger partial charge in [-0.3, -0.25) is 9.59 Å². The molecular weight excluding hydrogens is 390 g/mol. The molecule has 0 aliphatic heterocycles. The topological polar surface area (TPSA) is 73.7 Å². The van der Waals surface area contributed by atoms with Crippen molar-refractivity contribution in [1.29, 1.82) is 0 Å². The summed E-state index contributed by atoms with van der Waals surface area (Å²) >= 11 is 3.38. The van der Waals surface area contributed by atoms with Crippen molar-refractivity contribution < 1.29 is 19.1 Å². The molecule has 0 aliphatic carbocycles. The number of esters is 1. The first-order chi connectivity index (χ1) is 12.0. The number of carbonyl (C=O) groups excluding carboxylic acids is 2. The highest BCUT2D eigenvalue weighted by molar-refractivity contribution is 9.10. The van der Waals surface area contributed by atoms with Crippen LogP contribution in [-0.4, -0.2) is 60.5 Å². The number of aromatic nitrogens is 2. The third-order valence-corrected chi connectivity index (χ3v) is 4.12. The summed E-state index contributed by atoms with van der Waals surface area (Å²) < 4.78 is 12.3. The molecule has 25 heavy (non-hydrogen) atoms. The van der Waals surface area contributed by atoms with Crippen LogP contribution in [0.3, 0.4) is 0 Å². The van der Waals surface area contributed by atoms with Gasteiger partial charge in [0.15, 0.2) is 0 Å². The Morgan fingerprint density at radius 2 is 1.92 bits per heavy atom. The molecule has 1 aromatic carbocycles. The lowest BCUT2D eigenvalue weighted by molar-refractivity contribution is -0.140. The molecular formula is C17H20BrN3O4. The largest absolute Gasteiger partial charge is 0.469 e. The summed E-state index contributed by atoms with van der Waals surface area (Å²) in [4.78, 5) is 25.6. The Morgan fingerprint density at radius 1 is 1.20 bits per heavy atom. The summed E-state index contributed by atoms with van der Waals surface area (Å²) in [7, 11) is 2.89. The molecule has 1 aromatic heterocycles. The summed E-state index contributed by atoms with van der Waals surface area (Å²) in [6.45, 7) is 1.03. The second kappa shape index (κ2) is 9.33. The van der Waals surface area contributed by atoms with Crippen molar-refractivity contribution in [1.82, 2.24) is 14.7 Å². The van der Waals surface area contributed by atoms with Crippen LogP contribution >= 0.6 is 15.9 Å². The van der Waals surface area contributed by atoms with Gasteiger partial charge in [0.1, 0.15) is 0 Å². The van der Waals surface area contributed by atoms with Crippen molar-refractivity contribution in [3.63, 3.8) is 0 Å². The number of nitrogens with zero attached hydrogens (tertiary/aromatic N) is 3. The smallest absolute Gasteiger partial charge is 0.307 e. The van der Waals surface area contributed by atoms with Crippen molar-refractivity contribution in [2.24, 2.45) is 0 Å². The molecule has 2 rings (SSSR count). The van der Waals surface area contributed by atoms with Crippen LogP contribution in [-0.2, 0) is 14.3 Å². The van der Waals surface area contributed by atoms with Crippen molar-refractivity contribution >= 4 is 27.8 Å². The number of rotatable bonds is 8. The summed E-state index contributed by atoms with van der Waals surface area (Å²) in [5.74, 6) is -0.565. The Morgan fingerprint density at radius 3 is 2.56 bits per heavy atom. The third-order valence-electron chi connectivity index (χ3n) is 3.59. The lowest BCUT2D eigenvalue weighted by atomic mass is 10.2. The highest BCUT2D eigenvalue weighted by Gasteiger charge is 2.19. The van der Waals surface area contributed by atoms with Gasteiger partial charge in [0.05, 0.1) is 37.6 Å². The Hall–Kier alpha value is -2.19. The molecule has 0 saturated carbocycles. The minimum atomic E-state index is -0.360. The third kappa shape index (κ3) is 5.40. The Labute approximate surface area is 154 Å². The molecule has 134 valence electrons. The van der Waals surface area contributed by atoms with Crippen LogP contribution in [0, 0.1) is 0 Å². The lowest BCUT2D eigenvalue weighted by Gasteiger charge is -2.21. The molecule has 0 radical (unpaired) electrons. The zero-order valence-corrected chi connectivity index (χ0v) is 15.7. The van der Waals surface area contributed by atoms with Crippen LogP contribution in [0.4, 0.5) is 0 Å². The maximum atomic E-state index is 12.7. The molecule has 0 fully saturated rings. The Kier molecular flexibility index (Phi) is 7.15. The number of ether oxygens (including phenoxy) is 2. The summed E-state index contributed by atoms with van der Waals surface area (Å²) in [5.41, 5.74) is 1.30. The van der Waals surface area contributed by atoms with E-state index in [4.69, 9.17) is 4.74 Å². The first-order valence-electron chi connectivity index (χ1n) is 7.70. The van der Waals surface area contributed by atoms with E-state index < -0.39 is 0 Å². The molecule has 0 unspecified atom stereocenters. The van der Waals surface area contributed by atoms with E-state index in [2.05, 4.69) is 25.8 Å². The summed E-state index contributed by atoms with van der Waals surface area (Å²) in [6, 6.07) is 7.59. The second-order valence-corrected chi connectivity index (χ2v) is 6.18. The fourth-order valence-corrected chi connectivity index (χ4v) is 2.46. The molecule has 1 heterocycles. The van der Waals surface area contributed by atoms with Gasteiger partial charge in [-0.25, -0.2) is 4.68 Å². The fraction of sp³-hybridized carbons (Fsp3) is 0.353. The minimum absolute atomic E-state index is 0.132. The van der Waals surface area contributed by atoms with Crippen molar-refractivity contribution in [2.75, 3.05) is 33.9 Å². The van der Waals surface area contributed by atoms with Crippen molar-refractivity contribution in [2.45, 2.75) is 6.42 Å². The summed E-state index contributed by atoms with van der Waals surface area (Å²) in [5, 5.41) is 4.24. The van der Waals surface area contributed by atoms with E-state index >= 15 is 0 Å². The molecule has 0 aliphatic rings. The van der Waals surface area contributed by atoms with Gasteiger partial charge in [0.25, 0.3) is 5.91 Å². The van der Waals surface area contributed by atoms with Crippen molar-refractivity contribution in [3.8, 4) is 5.69 Å². The zero-order valence-electron chi connectivity index (χ0n) is 14.1. The van der Waals surface area contributed by atoms with Crippen LogP contribution in [0.15, 0.2) is 41.1 Å². The molecule has 0 atom stereocenters. The molecule has 0 bridgehead atoms. The van der Waals surface area contributed by atoms with E-state index in [1.807, 2.05) is 24.3 Å². The average molecular weight is 410 g/mol. The molecule has 7 nitrogen and oxygen atoms in total. The maximum absolute atomic E-state index is 12.7. The van der Waals surface area contributed by atoms with Gasteiger partial charge >= 0.3 is 5.97 Å². The highest BCUT2D eigenvalue weighted by Crippen LogP contribution is 2.15. The van der Waals surface area contributed by atoms with Gasteiger partial charge in [-0.05, 0) is 24.3 Å². The highest BCUT2D eigenvalue weighted by atomic mass is 79.9. The van der Waals surface area contributed by atoms with Gasteiger partial charge in [0, 0.05) is 30.9 Å². The van der Waals surface area contributed by atoms with Gasteiger partial charge in [-0.2, -0.15) is 5.10 Å². The predicted octanol–water partition coefficient (Wildman–Crippen LogP) is 2.29. The van der Waals surface area contributed by atoms with E-state index in [0.717, 1.165) is 10.2 Å². The molecule has 0 spiro atoms. The molecule has 0 saturated heterocycles. The number of benzene rings is 1. The maximum Gasteiger partial charge on any atom is 0.307 e. The van der Waals surface area contributed by atoms with Gasteiger partial charge < -0.3 is 14.4 Å². The number of carbonyl (C=O) groups is 2. The van der Waals surface area contributed by atoms with E-state index in [9.17, 15) is 9.59 Å². The van der Waals surface area contributed by atoms with Crippen LogP contribution < -0.4 is 0 Å². The molecule has 2 aromatic rings. The van der Waals surface area contributed by atoms with Crippen LogP contribution in [0.25, 0.3) is 5.69 Å². The molecule has 1 amide bonds.